The van der Waals surface area contributed by atoms with Crippen molar-refractivity contribution in [1.29, 1.82) is 0 Å². The van der Waals surface area contributed by atoms with Gasteiger partial charge in [-0.05, 0) is 32.0 Å². The van der Waals surface area contributed by atoms with Gasteiger partial charge in [-0.2, -0.15) is 0 Å². The van der Waals surface area contributed by atoms with Gasteiger partial charge >= 0.3 is 0 Å². The van der Waals surface area contributed by atoms with E-state index in [1.54, 1.807) is 12.1 Å². The van der Waals surface area contributed by atoms with Crippen LogP contribution in [0.5, 0.6) is 5.75 Å². The number of nitrogen functional groups attached to an aromatic ring is 1. The zero-order chi connectivity index (χ0) is 14.8. The molecule has 0 bridgehead atoms. The topological polar surface area (TPSA) is 87.3 Å². The standard InChI is InChI=1S/C15H15N3O3/c1-9-6-13(10(2)20-9)15-18-17-14(21-15)8-19-12-5-3-4-11(16)7-12/h3-7H,8,16H2,1-2H3. The smallest absolute Gasteiger partial charge is 0.254 e. The largest absolute Gasteiger partial charge is 0.484 e. The Labute approximate surface area is 121 Å². The zero-order valence-corrected chi connectivity index (χ0v) is 11.8. The van der Waals surface area contributed by atoms with Gasteiger partial charge in [0.15, 0.2) is 6.61 Å². The Hall–Kier alpha value is -2.76. The van der Waals surface area contributed by atoms with Gasteiger partial charge in [-0.3, -0.25) is 0 Å². The molecular weight excluding hydrogens is 270 g/mol. The molecule has 0 aliphatic heterocycles. The summed E-state index contributed by atoms with van der Waals surface area (Å²) in [6, 6.07) is 9.03. The Kier molecular flexibility index (Phi) is 3.35. The molecule has 6 nitrogen and oxygen atoms in total. The lowest BCUT2D eigenvalue weighted by molar-refractivity contribution is 0.264. The van der Waals surface area contributed by atoms with E-state index < -0.39 is 0 Å². The molecule has 2 N–H and O–H groups in total. The van der Waals surface area contributed by atoms with Gasteiger partial charge in [-0.15, -0.1) is 10.2 Å². The highest BCUT2D eigenvalue weighted by Crippen LogP contribution is 2.25. The minimum Gasteiger partial charge on any atom is -0.484 e. The molecule has 2 heterocycles. The fourth-order valence-corrected chi connectivity index (χ4v) is 2.01. The van der Waals surface area contributed by atoms with Crippen molar-refractivity contribution in [2.45, 2.75) is 20.5 Å². The third-order valence-corrected chi connectivity index (χ3v) is 2.96. The van der Waals surface area contributed by atoms with Crippen LogP contribution in [-0.4, -0.2) is 10.2 Å². The van der Waals surface area contributed by atoms with Crippen LogP contribution < -0.4 is 10.5 Å². The molecular formula is C15H15N3O3. The van der Waals surface area contributed by atoms with Crippen LogP contribution in [0.15, 0.2) is 39.2 Å². The normalized spacial score (nSPS) is 10.8. The van der Waals surface area contributed by atoms with Gasteiger partial charge in [0.2, 0.25) is 0 Å². The van der Waals surface area contributed by atoms with E-state index >= 15 is 0 Å². The fourth-order valence-electron chi connectivity index (χ4n) is 2.01. The summed E-state index contributed by atoms with van der Waals surface area (Å²) in [5.41, 5.74) is 7.13. The first-order valence-electron chi connectivity index (χ1n) is 6.50. The first kappa shape index (κ1) is 13.2. The number of benzene rings is 1. The highest BCUT2D eigenvalue weighted by atomic mass is 16.5. The quantitative estimate of drug-likeness (QED) is 0.741. The second kappa shape index (κ2) is 5.32. The SMILES string of the molecule is Cc1cc(-c2nnc(COc3cccc(N)c3)o2)c(C)o1. The summed E-state index contributed by atoms with van der Waals surface area (Å²) in [5, 5.41) is 7.97. The number of aryl methyl sites for hydroxylation is 2. The van der Waals surface area contributed by atoms with Crippen molar-refractivity contribution in [1.82, 2.24) is 10.2 Å². The van der Waals surface area contributed by atoms with Crippen molar-refractivity contribution >= 4 is 5.69 Å². The highest BCUT2D eigenvalue weighted by Gasteiger charge is 2.14. The van der Waals surface area contributed by atoms with Crippen LogP contribution in [0.1, 0.15) is 17.4 Å². The van der Waals surface area contributed by atoms with Gasteiger partial charge < -0.3 is 19.3 Å². The molecule has 21 heavy (non-hydrogen) atoms. The number of hydrogen-bond donors (Lipinski definition) is 1. The third-order valence-electron chi connectivity index (χ3n) is 2.96. The van der Waals surface area contributed by atoms with Gasteiger partial charge in [0.1, 0.15) is 17.3 Å². The van der Waals surface area contributed by atoms with E-state index in [1.165, 1.54) is 0 Å². The van der Waals surface area contributed by atoms with E-state index in [0.717, 1.165) is 17.1 Å². The minimum absolute atomic E-state index is 0.187. The Morgan fingerprint density at radius 2 is 2.00 bits per heavy atom. The van der Waals surface area contributed by atoms with E-state index in [-0.39, 0.29) is 6.61 Å². The second-order valence-corrected chi connectivity index (χ2v) is 4.69. The summed E-state index contributed by atoms with van der Waals surface area (Å²) in [7, 11) is 0. The van der Waals surface area contributed by atoms with Crippen LogP contribution in [0.3, 0.4) is 0 Å². The monoisotopic (exact) mass is 285 g/mol. The first-order valence-corrected chi connectivity index (χ1v) is 6.50. The molecule has 0 spiro atoms. The van der Waals surface area contributed by atoms with Gasteiger partial charge in [-0.25, -0.2) is 0 Å². The molecule has 1 aromatic carbocycles. The molecule has 6 heteroatoms. The maximum atomic E-state index is 5.68. The lowest BCUT2D eigenvalue weighted by Crippen LogP contribution is -1.96. The maximum absolute atomic E-state index is 5.68. The Bertz CT molecular complexity index is 761. The predicted molar refractivity (Wildman–Crippen MR) is 76.7 cm³/mol. The average molecular weight is 285 g/mol. The van der Waals surface area contributed by atoms with E-state index in [4.69, 9.17) is 19.3 Å². The van der Waals surface area contributed by atoms with Gasteiger partial charge in [-0.1, -0.05) is 6.07 Å². The van der Waals surface area contributed by atoms with Crippen molar-refractivity contribution in [2.75, 3.05) is 5.73 Å². The second-order valence-electron chi connectivity index (χ2n) is 4.69. The molecule has 0 unspecified atom stereocenters. The average Bonchev–Trinajstić information content (AvgIpc) is 3.03. The van der Waals surface area contributed by atoms with E-state index in [9.17, 15) is 0 Å². The van der Waals surface area contributed by atoms with Gasteiger partial charge in [0.05, 0.1) is 5.56 Å². The predicted octanol–water partition coefficient (Wildman–Crippen LogP) is 3.11. The van der Waals surface area contributed by atoms with E-state index in [0.29, 0.717) is 23.2 Å². The molecule has 0 atom stereocenters. The number of ether oxygens (including phenoxy) is 1. The van der Waals surface area contributed by atoms with Crippen LogP contribution >= 0.6 is 0 Å². The number of nitrogens with two attached hydrogens (primary N) is 1. The molecule has 3 aromatic rings. The Morgan fingerprint density at radius 1 is 1.14 bits per heavy atom. The summed E-state index contributed by atoms with van der Waals surface area (Å²) in [6.07, 6.45) is 0. The van der Waals surface area contributed by atoms with Crippen LogP contribution in [0.25, 0.3) is 11.5 Å². The van der Waals surface area contributed by atoms with Crippen LogP contribution in [0.4, 0.5) is 5.69 Å². The highest BCUT2D eigenvalue weighted by molar-refractivity contribution is 5.55. The summed E-state index contributed by atoms with van der Waals surface area (Å²) in [4.78, 5) is 0. The Morgan fingerprint density at radius 3 is 2.71 bits per heavy atom. The summed E-state index contributed by atoms with van der Waals surface area (Å²) < 4.78 is 16.6. The number of hydrogen-bond acceptors (Lipinski definition) is 6. The lowest BCUT2D eigenvalue weighted by Gasteiger charge is -2.03. The molecule has 108 valence electrons. The molecule has 0 saturated carbocycles. The molecule has 0 fully saturated rings. The van der Waals surface area contributed by atoms with E-state index in [1.807, 2.05) is 32.0 Å². The van der Waals surface area contributed by atoms with Crippen molar-refractivity contribution in [3.05, 3.63) is 47.7 Å². The number of anilines is 1. The van der Waals surface area contributed by atoms with Crippen molar-refractivity contribution in [2.24, 2.45) is 0 Å². The summed E-state index contributed by atoms with van der Waals surface area (Å²) >= 11 is 0. The summed E-state index contributed by atoms with van der Waals surface area (Å²) in [6.45, 7) is 3.92. The van der Waals surface area contributed by atoms with Gasteiger partial charge in [0, 0.05) is 11.8 Å². The van der Waals surface area contributed by atoms with Crippen LogP contribution in [0, 0.1) is 13.8 Å². The molecule has 2 aromatic heterocycles. The molecule has 0 aliphatic carbocycles. The van der Waals surface area contributed by atoms with E-state index in [2.05, 4.69) is 10.2 Å². The van der Waals surface area contributed by atoms with Crippen LogP contribution in [-0.2, 0) is 6.61 Å². The minimum atomic E-state index is 0.187. The fraction of sp³-hybridized carbons (Fsp3) is 0.200. The number of furan rings is 1. The molecule has 0 aliphatic rings. The number of aromatic nitrogens is 2. The summed E-state index contributed by atoms with van der Waals surface area (Å²) in [5.74, 6) is 3.03. The third kappa shape index (κ3) is 2.89. The maximum Gasteiger partial charge on any atom is 0.254 e. The number of rotatable bonds is 4. The Balaban J connectivity index is 1.72. The van der Waals surface area contributed by atoms with Gasteiger partial charge in [0.25, 0.3) is 11.8 Å². The first-order chi connectivity index (χ1) is 10.1. The molecule has 3 rings (SSSR count). The van der Waals surface area contributed by atoms with Crippen LogP contribution in [0.2, 0.25) is 0 Å². The molecule has 0 saturated heterocycles. The number of nitrogens with zero attached hydrogens (tertiary/aromatic N) is 2. The zero-order valence-electron chi connectivity index (χ0n) is 11.8. The van der Waals surface area contributed by atoms with Crippen molar-refractivity contribution in [3.63, 3.8) is 0 Å². The molecule has 0 amide bonds. The molecule has 0 radical (unpaired) electrons. The lowest BCUT2D eigenvalue weighted by atomic mass is 10.2. The van der Waals surface area contributed by atoms with Crippen molar-refractivity contribution < 1.29 is 13.6 Å². The van der Waals surface area contributed by atoms with Crippen molar-refractivity contribution in [3.8, 4) is 17.2 Å².